The van der Waals surface area contributed by atoms with Crippen LogP contribution in [0.25, 0.3) is 0 Å². The quantitative estimate of drug-likeness (QED) is 0.842. The van der Waals surface area contributed by atoms with E-state index in [1.165, 1.54) is 25.7 Å². The molecule has 1 aliphatic rings. The van der Waals surface area contributed by atoms with E-state index < -0.39 is 5.97 Å². The van der Waals surface area contributed by atoms with Crippen molar-refractivity contribution in [2.75, 3.05) is 23.8 Å². The summed E-state index contributed by atoms with van der Waals surface area (Å²) < 4.78 is 0. The molecule has 0 bridgehead atoms. The van der Waals surface area contributed by atoms with Gasteiger partial charge in [-0.3, -0.25) is 4.79 Å². The molecule has 19 heavy (non-hydrogen) atoms. The van der Waals surface area contributed by atoms with Gasteiger partial charge in [-0.2, -0.15) is 0 Å². The number of aromatic nitrogens is 2. The fourth-order valence-electron chi connectivity index (χ4n) is 2.38. The molecule has 0 aliphatic heterocycles. The van der Waals surface area contributed by atoms with E-state index in [2.05, 4.69) is 15.3 Å². The summed E-state index contributed by atoms with van der Waals surface area (Å²) in [5, 5.41) is 12.2. The number of hydrogen-bond acceptors (Lipinski definition) is 5. The number of likely N-dealkylation sites (N-methyl/N-ethyl adjacent to an activating group) is 1. The maximum absolute atomic E-state index is 10.7. The van der Waals surface area contributed by atoms with E-state index in [1.54, 1.807) is 11.9 Å². The van der Waals surface area contributed by atoms with Gasteiger partial charge in [0.25, 0.3) is 0 Å². The van der Waals surface area contributed by atoms with Crippen molar-refractivity contribution < 1.29 is 9.90 Å². The fourth-order valence-corrected chi connectivity index (χ4v) is 2.38. The molecule has 6 heteroatoms. The molecule has 2 N–H and O–H groups in total. The highest BCUT2D eigenvalue weighted by Crippen LogP contribution is 2.23. The first-order valence-electron chi connectivity index (χ1n) is 6.60. The SMILES string of the molecule is Cc1nc(NC2CCCC2)cc(N(C)CC(=O)O)n1. The van der Waals surface area contributed by atoms with Crippen LogP contribution in [0, 0.1) is 6.92 Å². The van der Waals surface area contributed by atoms with Crippen LogP contribution in [0.1, 0.15) is 31.5 Å². The van der Waals surface area contributed by atoms with Gasteiger partial charge >= 0.3 is 5.97 Å². The van der Waals surface area contributed by atoms with E-state index in [0.29, 0.717) is 17.7 Å². The lowest BCUT2D eigenvalue weighted by Gasteiger charge is -2.18. The minimum absolute atomic E-state index is 0.0701. The van der Waals surface area contributed by atoms with Crippen LogP contribution >= 0.6 is 0 Å². The molecule has 6 nitrogen and oxygen atoms in total. The van der Waals surface area contributed by atoms with E-state index in [-0.39, 0.29) is 6.54 Å². The Bertz CT molecular complexity index is 458. The molecule has 2 rings (SSSR count). The molecule has 104 valence electrons. The minimum Gasteiger partial charge on any atom is -0.480 e. The molecule has 1 heterocycles. The lowest BCUT2D eigenvalue weighted by molar-refractivity contribution is -0.135. The summed E-state index contributed by atoms with van der Waals surface area (Å²) in [5.41, 5.74) is 0. The fraction of sp³-hybridized carbons (Fsp3) is 0.615. The highest BCUT2D eigenvalue weighted by Gasteiger charge is 2.16. The third-order valence-corrected chi connectivity index (χ3v) is 3.30. The summed E-state index contributed by atoms with van der Waals surface area (Å²) in [6, 6.07) is 2.29. The minimum atomic E-state index is -0.871. The van der Waals surface area contributed by atoms with Crippen LogP contribution in [-0.2, 0) is 4.79 Å². The van der Waals surface area contributed by atoms with Gasteiger partial charge in [-0.05, 0) is 19.8 Å². The average molecular weight is 264 g/mol. The van der Waals surface area contributed by atoms with Crippen molar-refractivity contribution in [3.05, 3.63) is 11.9 Å². The van der Waals surface area contributed by atoms with E-state index >= 15 is 0 Å². The molecule has 0 amide bonds. The van der Waals surface area contributed by atoms with Gasteiger partial charge in [-0.15, -0.1) is 0 Å². The Labute approximate surface area is 112 Å². The Morgan fingerprint density at radius 2 is 2.16 bits per heavy atom. The van der Waals surface area contributed by atoms with Crippen molar-refractivity contribution in [3.8, 4) is 0 Å². The van der Waals surface area contributed by atoms with E-state index in [9.17, 15) is 4.79 Å². The van der Waals surface area contributed by atoms with Gasteiger partial charge in [0.1, 0.15) is 24.0 Å². The van der Waals surface area contributed by atoms with Gasteiger partial charge in [-0.25, -0.2) is 9.97 Å². The molecule has 1 aromatic rings. The normalized spacial score (nSPS) is 15.5. The standard InChI is InChI=1S/C13H20N4O2/c1-9-14-11(16-10-5-3-4-6-10)7-12(15-9)17(2)8-13(18)19/h7,10H,3-6,8H2,1-2H3,(H,18,19)(H,14,15,16). The molecule has 0 unspecified atom stereocenters. The van der Waals surface area contributed by atoms with Gasteiger partial charge in [0, 0.05) is 19.2 Å². The highest BCUT2D eigenvalue weighted by molar-refractivity contribution is 5.73. The van der Waals surface area contributed by atoms with E-state index in [4.69, 9.17) is 5.11 Å². The third kappa shape index (κ3) is 3.81. The van der Waals surface area contributed by atoms with Crippen molar-refractivity contribution in [2.24, 2.45) is 0 Å². The lowest BCUT2D eigenvalue weighted by Crippen LogP contribution is -2.26. The van der Waals surface area contributed by atoms with Crippen molar-refractivity contribution >= 4 is 17.6 Å². The van der Waals surface area contributed by atoms with E-state index in [0.717, 1.165) is 5.82 Å². The Hall–Kier alpha value is -1.85. The summed E-state index contributed by atoms with van der Waals surface area (Å²) in [5.74, 6) is 1.20. The number of aryl methyl sites for hydroxylation is 1. The number of aliphatic carboxylic acids is 1. The molecule has 1 aliphatic carbocycles. The van der Waals surface area contributed by atoms with Gasteiger partial charge in [0.2, 0.25) is 0 Å². The van der Waals surface area contributed by atoms with Crippen LogP contribution in [0.4, 0.5) is 11.6 Å². The number of hydrogen-bond donors (Lipinski definition) is 2. The molecule has 1 saturated carbocycles. The average Bonchev–Trinajstić information content (AvgIpc) is 2.80. The maximum Gasteiger partial charge on any atom is 0.323 e. The largest absolute Gasteiger partial charge is 0.480 e. The van der Waals surface area contributed by atoms with Gasteiger partial charge in [-0.1, -0.05) is 12.8 Å². The van der Waals surface area contributed by atoms with Gasteiger partial charge in [0.15, 0.2) is 0 Å². The third-order valence-electron chi connectivity index (χ3n) is 3.30. The smallest absolute Gasteiger partial charge is 0.323 e. The van der Waals surface area contributed by atoms with Crippen LogP contribution in [0.5, 0.6) is 0 Å². The highest BCUT2D eigenvalue weighted by atomic mass is 16.4. The Kier molecular flexibility index (Phi) is 4.19. The number of carboxylic acid groups (broad SMARTS) is 1. The maximum atomic E-state index is 10.7. The zero-order chi connectivity index (χ0) is 13.8. The van der Waals surface area contributed by atoms with Crippen molar-refractivity contribution in [3.63, 3.8) is 0 Å². The zero-order valence-electron chi connectivity index (χ0n) is 11.4. The number of carboxylic acids is 1. The first kappa shape index (κ1) is 13.6. The molecule has 0 aromatic carbocycles. The summed E-state index contributed by atoms with van der Waals surface area (Å²) >= 11 is 0. The predicted molar refractivity (Wildman–Crippen MR) is 73.6 cm³/mol. The van der Waals surface area contributed by atoms with Crippen molar-refractivity contribution in [2.45, 2.75) is 38.6 Å². The topological polar surface area (TPSA) is 78.4 Å². The van der Waals surface area contributed by atoms with Crippen LogP contribution in [0.3, 0.4) is 0 Å². The Morgan fingerprint density at radius 1 is 1.47 bits per heavy atom. The second-order valence-corrected chi connectivity index (χ2v) is 5.03. The van der Waals surface area contributed by atoms with Crippen LogP contribution in [0.2, 0.25) is 0 Å². The van der Waals surface area contributed by atoms with Crippen LogP contribution < -0.4 is 10.2 Å². The van der Waals surface area contributed by atoms with Gasteiger partial charge in [0.05, 0.1) is 0 Å². The Morgan fingerprint density at radius 3 is 2.79 bits per heavy atom. The summed E-state index contributed by atoms with van der Waals surface area (Å²) in [6.07, 6.45) is 4.85. The molecular weight excluding hydrogens is 244 g/mol. The number of anilines is 2. The number of rotatable bonds is 5. The molecule has 0 radical (unpaired) electrons. The summed E-state index contributed by atoms with van der Waals surface area (Å²) in [4.78, 5) is 21.0. The molecule has 1 aromatic heterocycles. The number of nitrogens with one attached hydrogen (secondary N) is 1. The van der Waals surface area contributed by atoms with Crippen LogP contribution in [0.15, 0.2) is 6.07 Å². The number of nitrogens with zero attached hydrogens (tertiary/aromatic N) is 3. The summed E-state index contributed by atoms with van der Waals surface area (Å²) in [7, 11) is 1.72. The van der Waals surface area contributed by atoms with Crippen molar-refractivity contribution in [1.29, 1.82) is 0 Å². The lowest BCUT2D eigenvalue weighted by atomic mass is 10.2. The number of carbonyl (C=O) groups is 1. The molecule has 1 fully saturated rings. The summed E-state index contributed by atoms with van der Waals surface area (Å²) in [6.45, 7) is 1.75. The first-order chi connectivity index (χ1) is 9.04. The molecule has 0 atom stereocenters. The Balaban J connectivity index is 2.11. The van der Waals surface area contributed by atoms with Crippen molar-refractivity contribution in [1.82, 2.24) is 9.97 Å². The molecular formula is C13H20N4O2. The first-order valence-corrected chi connectivity index (χ1v) is 6.60. The molecule has 0 saturated heterocycles. The second-order valence-electron chi connectivity index (χ2n) is 5.03. The van der Waals surface area contributed by atoms with E-state index in [1.807, 2.05) is 13.0 Å². The predicted octanol–water partition coefficient (Wildman–Crippen LogP) is 1.66. The second kappa shape index (κ2) is 5.86. The van der Waals surface area contributed by atoms with Crippen LogP contribution in [-0.4, -0.2) is 40.7 Å². The zero-order valence-corrected chi connectivity index (χ0v) is 11.4. The molecule has 0 spiro atoms. The van der Waals surface area contributed by atoms with Gasteiger partial charge < -0.3 is 15.3 Å². The monoisotopic (exact) mass is 264 g/mol.